The van der Waals surface area contributed by atoms with Gasteiger partial charge in [0, 0.05) is 12.0 Å². The Morgan fingerprint density at radius 1 is 1.53 bits per heavy atom. The highest BCUT2D eigenvalue weighted by atomic mass is 16.3. The molecule has 0 fully saturated rings. The first kappa shape index (κ1) is 14.1. The Kier molecular flexibility index (Phi) is 3.25. The highest BCUT2D eigenvalue weighted by molar-refractivity contribution is 5.85. The molecule has 4 heteroatoms. The maximum atomic E-state index is 12.1. The summed E-state index contributed by atoms with van der Waals surface area (Å²) in [6.45, 7) is 9.77. The lowest BCUT2D eigenvalue weighted by Gasteiger charge is -2.35. The predicted molar refractivity (Wildman–Crippen MR) is 74.7 cm³/mol. The van der Waals surface area contributed by atoms with Gasteiger partial charge in [-0.25, -0.2) is 0 Å². The Morgan fingerprint density at radius 2 is 2.16 bits per heavy atom. The van der Waals surface area contributed by atoms with Gasteiger partial charge in [0.1, 0.15) is 11.5 Å². The quantitative estimate of drug-likeness (QED) is 0.862. The summed E-state index contributed by atoms with van der Waals surface area (Å²) in [7, 11) is 0. The second kappa shape index (κ2) is 4.37. The molecule has 1 amide bonds. The zero-order chi connectivity index (χ0) is 14.4. The number of carbonyl (C=O) groups excluding carboxylic acids is 1. The minimum Gasteiger partial charge on any atom is -0.466 e. The molecule has 1 atom stereocenters. The van der Waals surface area contributed by atoms with E-state index in [2.05, 4.69) is 19.2 Å². The summed E-state index contributed by atoms with van der Waals surface area (Å²) >= 11 is 0. The number of rotatable bonds is 2. The van der Waals surface area contributed by atoms with Crippen LogP contribution in [-0.2, 0) is 11.2 Å². The summed E-state index contributed by atoms with van der Waals surface area (Å²) in [6.07, 6.45) is 1.81. The topological polar surface area (TPSA) is 68.3 Å². The van der Waals surface area contributed by atoms with Gasteiger partial charge in [0.15, 0.2) is 0 Å². The summed E-state index contributed by atoms with van der Waals surface area (Å²) in [5.41, 5.74) is 6.22. The Labute approximate surface area is 114 Å². The molecule has 0 saturated heterocycles. The molecule has 1 heterocycles. The maximum absolute atomic E-state index is 12.1. The van der Waals surface area contributed by atoms with Gasteiger partial charge >= 0.3 is 0 Å². The third-order valence-corrected chi connectivity index (χ3v) is 3.63. The van der Waals surface area contributed by atoms with Crippen molar-refractivity contribution >= 4 is 5.91 Å². The van der Waals surface area contributed by atoms with Crippen molar-refractivity contribution in [1.82, 2.24) is 5.32 Å². The molecule has 1 aromatic heterocycles. The second-order valence-corrected chi connectivity index (χ2v) is 7.03. The van der Waals surface area contributed by atoms with Crippen LogP contribution in [0.4, 0.5) is 0 Å². The highest BCUT2D eigenvalue weighted by Crippen LogP contribution is 2.42. The molecule has 19 heavy (non-hydrogen) atoms. The van der Waals surface area contributed by atoms with E-state index in [0.717, 1.165) is 29.9 Å². The number of amides is 1. The normalized spacial score (nSPS) is 21.9. The second-order valence-electron chi connectivity index (χ2n) is 7.03. The number of aryl methyl sites for hydroxylation is 1. The van der Waals surface area contributed by atoms with Crippen molar-refractivity contribution in [2.45, 2.75) is 59.0 Å². The summed E-state index contributed by atoms with van der Waals surface area (Å²) in [5, 5.41) is 3.06. The fraction of sp³-hybridized carbons (Fsp3) is 0.667. The molecule has 0 aromatic carbocycles. The molecule has 0 saturated carbocycles. The van der Waals surface area contributed by atoms with Crippen molar-refractivity contribution in [3.63, 3.8) is 0 Å². The van der Waals surface area contributed by atoms with E-state index >= 15 is 0 Å². The summed E-state index contributed by atoms with van der Waals surface area (Å²) in [6, 6.07) is 2.02. The van der Waals surface area contributed by atoms with Crippen molar-refractivity contribution in [3.8, 4) is 0 Å². The Hall–Kier alpha value is -1.29. The van der Waals surface area contributed by atoms with Gasteiger partial charge in [0.2, 0.25) is 5.91 Å². The molecule has 0 bridgehead atoms. The molecular weight excluding hydrogens is 240 g/mol. The van der Waals surface area contributed by atoms with Crippen LogP contribution in [0.2, 0.25) is 0 Å². The van der Waals surface area contributed by atoms with Gasteiger partial charge in [-0.05, 0) is 38.7 Å². The number of hydrogen-bond acceptors (Lipinski definition) is 3. The van der Waals surface area contributed by atoms with Crippen LogP contribution in [0.15, 0.2) is 10.5 Å². The smallest absolute Gasteiger partial charge is 0.239 e. The zero-order valence-electron chi connectivity index (χ0n) is 12.5. The van der Waals surface area contributed by atoms with Crippen LogP contribution in [0.1, 0.15) is 57.2 Å². The average Bonchev–Trinajstić information content (AvgIpc) is 2.55. The van der Waals surface area contributed by atoms with Gasteiger partial charge in [-0.3, -0.25) is 4.79 Å². The number of fused-ring (bicyclic) bond motifs is 1. The summed E-state index contributed by atoms with van der Waals surface area (Å²) in [4.78, 5) is 12.1. The number of nitrogens with two attached hydrogens (primary N) is 1. The van der Waals surface area contributed by atoms with Gasteiger partial charge in [-0.1, -0.05) is 13.8 Å². The Morgan fingerprint density at radius 3 is 2.74 bits per heavy atom. The summed E-state index contributed by atoms with van der Waals surface area (Å²) in [5.74, 6) is 1.77. The van der Waals surface area contributed by atoms with Crippen LogP contribution in [-0.4, -0.2) is 11.4 Å². The molecule has 0 spiro atoms. The van der Waals surface area contributed by atoms with Crippen LogP contribution in [0.3, 0.4) is 0 Å². The number of nitrogens with one attached hydrogen (secondary N) is 1. The highest BCUT2D eigenvalue weighted by Gasteiger charge is 2.37. The number of furan rings is 1. The molecule has 106 valence electrons. The van der Waals surface area contributed by atoms with E-state index in [4.69, 9.17) is 10.2 Å². The predicted octanol–water partition coefficient (Wildman–Crippen LogP) is 2.46. The largest absolute Gasteiger partial charge is 0.466 e. The van der Waals surface area contributed by atoms with Crippen molar-refractivity contribution < 1.29 is 9.21 Å². The van der Waals surface area contributed by atoms with Crippen LogP contribution < -0.4 is 11.1 Å². The van der Waals surface area contributed by atoms with Gasteiger partial charge < -0.3 is 15.5 Å². The third kappa shape index (κ3) is 3.00. The van der Waals surface area contributed by atoms with Gasteiger partial charge in [-0.2, -0.15) is 0 Å². The standard InChI is InChI=1S/C15H24N2O2/c1-9-6-10-11(17-13(18)15(4,5)16)7-14(2,3)8-12(10)19-9/h6,11H,7-8,16H2,1-5H3,(H,17,18). The van der Waals surface area contributed by atoms with Gasteiger partial charge in [0.05, 0.1) is 11.6 Å². The Balaban J connectivity index is 2.28. The average molecular weight is 264 g/mol. The van der Waals surface area contributed by atoms with Crippen molar-refractivity contribution in [1.29, 1.82) is 0 Å². The van der Waals surface area contributed by atoms with E-state index in [1.54, 1.807) is 13.8 Å². The molecule has 4 nitrogen and oxygen atoms in total. The van der Waals surface area contributed by atoms with Crippen LogP contribution in [0.5, 0.6) is 0 Å². The fourth-order valence-corrected chi connectivity index (χ4v) is 2.66. The molecule has 1 aliphatic rings. The molecule has 1 aromatic rings. The lowest BCUT2D eigenvalue weighted by atomic mass is 9.74. The molecule has 2 rings (SSSR count). The van der Waals surface area contributed by atoms with Crippen molar-refractivity contribution in [3.05, 3.63) is 23.2 Å². The lowest BCUT2D eigenvalue weighted by Crippen LogP contribution is -2.51. The molecule has 0 radical (unpaired) electrons. The van der Waals surface area contributed by atoms with Gasteiger partial charge in [-0.15, -0.1) is 0 Å². The zero-order valence-corrected chi connectivity index (χ0v) is 12.5. The van der Waals surface area contributed by atoms with Crippen molar-refractivity contribution in [2.75, 3.05) is 0 Å². The number of carbonyl (C=O) groups is 1. The molecular formula is C15H24N2O2. The van der Waals surface area contributed by atoms with E-state index in [9.17, 15) is 4.79 Å². The Bertz CT molecular complexity index is 495. The summed E-state index contributed by atoms with van der Waals surface area (Å²) < 4.78 is 5.76. The monoisotopic (exact) mass is 264 g/mol. The van der Waals surface area contributed by atoms with E-state index in [-0.39, 0.29) is 17.4 Å². The molecule has 1 aliphatic carbocycles. The molecule has 3 N–H and O–H groups in total. The fourth-order valence-electron chi connectivity index (χ4n) is 2.66. The van der Waals surface area contributed by atoms with Crippen LogP contribution in [0.25, 0.3) is 0 Å². The van der Waals surface area contributed by atoms with E-state index in [1.807, 2.05) is 13.0 Å². The first-order chi connectivity index (χ1) is 8.58. The molecule has 0 aliphatic heterocycles. The van der Waals surface area contributed by atoms with E-state index in [1.165, 1.54) is 0 Å². The first-order valence-electron chi connectivity index (χ1n) is 6.77. The van der Waals surface area contributed by atoms with E-state index < -0.39 is 5.54 Å². The van der Waals surface area contributed by atoms with Crippen LogP contribution in [0, 0.1) is 12.3 Å². The lowest BCUT2D eigenvalue weighted by molar-refractivity contribution is -0.126. The first-order valence-corrected chi connectivity index (χ1v) is 6.77. The third-order valence-electron chi connectivity index (χ3n) is 3.63. The van der Waals surface area contributed by atoms with Crippen molar-refractivity contribution in [2.24, 2.45) is 11.1 Å². The minimum atomic E-state index is -0.861. The van der Waals surface area contributed by atoms with E-state index in [0.29, 0.717) is 0 Å². The van der Waals surface area contributed by atoms with Crippen LogP contribution >= 0.6 is 0 Å². The maximum Gasteiger partial charge on any atom is 0.239 e. The SMILES string of the molecule is Cc1cc2c(o1)CC(C)(C)CC2NC(=O)C(C)(C)N. The number of hydrogen-bond donors (Lipinski definition) is 2. The minimum absolute atomic E-state index is 0.00785. The van der Waals surface area contributed by atoms with Gasteiger partial charge in [0.25, 0.3) is 0 Å². The molecule has 1 unspecified atom stereocenters.